The molecule has 0 heterocycles. The lowest BCUT2D eigenvalue weighted by Crippen LogP contribution is -2.31. The zero-order valence-corrected chi connectivity index (χ0v) is 16.8. The van der Waals surface area contributed by atoms with Gasteiger partial charge >= 0.3 is 0 Å². The van der Waals surface area contributed by atoms with Crippen molar-refractivity contribution in [2.75, 3.05) is 7.05 Å². The average molecular weight is 362 g/mol. The lowest BCUT2D eigenvalue weighted by atomic mass is 9.69. The van der Waals surface area contributed by atoms with Crippen molar-refractivity contribution in [1.82, 2.24) is 0 Å². The molecule has 3 heteroatoms. The molecule has 2 atom stereocenters. The summed E-state index contributed by atoms with van der Waals surface area (Å²) in [6.45, 7) is 4.30. The van der Waals surface area contributed by atoms with E-state index >= 15 is 0 Å². The van der Waals surface area contributed by atoms with Crippen molar-refractivity contribution in [3.8, 4) is 6.07 Å². The second-order valence-corrected chi connectivity index (χ2v) is 7.49. The molecule has 2 aromatic rings. The van der Waals surface area contributed by atoms with Gasteiger partial charge in [-0.3, -0.25) is 0 Å². The third kappa shape index (κ3) is 5.76. The van der Waals surface area contributed by atoms with Crippen LogP contribution in [0.1, 0.15) is 50.7 Å². The maximum atomic E-state index is 10.0. The normalized spacial score (nSPS) is 14.8. The summed E-state index contributed by atoms with van der Waals surface area (Å²) in [7, 11) is 1.74. The zero-order chi connectivity index (χ0) is 19.5. The number of rotatable bonds is 10. The van der Waals surface area contributed by atoms with Crippen LogP contribution in [0.25, 0.3) is 0 Å². The van der Waals surface area contributed by atoms with Crippen LogP contribution in [-0.4, -0.2) is 13.1 Å². The van der Waals surface area contributed by atoms with Crippen molar-refractivity contribution in [1.29, 1.82) is 5.26 Å². The average Bonchev–Trinajstić information content (AvgIpc) is 2.70. The fourth-order valence-electron chi connectivity index (χ4n) is 3.77. The fourth-order valence-corrected chi connectivity index (χ4v) is 3.77. The Bertz CT molecular complexity index is 731. The third-order valence-corrected chi connectivity index (χ3v) is 5.47. The van der Waals surface area contributed by atoms with Crippen LogP contribution in [0.5, 0.6) is 0 Å². The quantitative estimate of drug-likeness (QED) is 0.454. The van der Waals surface area contributed by atoms with E-state index in [1.165, 1.54) is 5.56 Å². The summed E-state index contributed by atoms with van der Waals surface area (Å²) in [5, 5.41) is 18.5. The van der Waals surface area contributed by atoms with Gasteiger partial charge in [0, 0.05) is 7.05 Å². The van der Waals surface area contributed by atoms with Gasteiger partial charge in [-0.15, -0.1) is 0 Å². The van der Waals surface area contributed by atoms with Gasteiger partial charge in [0.25, 0.3) is 0 Å². The predicted molar refractivity (Wildman–Crippen MR) is 112 cm³/mol. The highest BCUT2D eigenvalue weighted by Gasteiger charge is 2.35. The van der Waals surface area contributed by atoms with Gasteiger partial charge in [-0.1, -0.05) is 74.5 Å². The molecular formula is C24H31N3. The van der Waals surface area contributed by atoms with Gasteiger partial charge in [0.15, 0.2) is 0 Å². The van der Waals surface area contributed by atoms with E-state index in [9.17, 15) is 5.26 Å². The van der Waals surface area contributed by atoms with Crippen LogP contribution in [0.4, 0.5) is 0 Å². The second kappa shape index (κ2) is 10.6. The largest absolute Gasteiger partial charge is 0.197 e. The van der Waals surface area contributed by atoms with Gasteiger partial charge in [-0.2, -0.15) is 15.5 Å². The van der Waals surface area contributed by atoms with E-state index in [4.69, 9.17) is 0 Å². The number of aryl methyl sites for hydroxylation is 1. The molecule has 0 bridgehead atoms. The van der Waals surface area contributed by atoms with Crippen molar-refractivity contribution in [2.45, 2.75) is 57.4 Å². The van der Waals surface area contributed by atoms with Crippen molar-refractivity contribution in [2.24, 2.45) is 16.1 Å². The van der Waals surface area contributed by atoms with E-state index in [0.29, 0.717) is 0 Å². The van der Waals surface area contributed by atoms with Crippen molar-refractivity contribution in [3.63, 3.8) is 0 Å². The maximum absolute atomic E-state index is 10.0. The van der Waals surface area contributed by atoms with Crippen LogP contribution in [0.3, 0.4) is 0 Å². The summed E-state index contributed by atoms with van der Waals surface area (Å²) in [6, 6.07) is 23.6. The van der Waals surface area contributed by atoms with Gasteiger partial charge in [0.1, 0.15) is 0 Å². The monoisotopic (exact) mass is 361 g/mol. The summed E-state index contributed by atoms with van der Waals surface area (Å²) < 4.78 is 0. The van der Waals surface area contributed by atoms with Crippen LogP contribution in [-0.2, 0) is 11.8 Å². The van der Waals surface area contributed by atoms with E-state index < -0.39 is 5.41 Å². The van der Waals surface area contributed by atoms with E-state index in [0.717, 1.165) is 37.7 Å². The Balaban J connectivity index is 2.00. The summed E-state index contributed by atoms with van der Waals surface area (Å²) in [4.78, 5) is 0. The Kier molecular flexibility index (Phi) is 8.20. The minimum Gasteiger partial charge on any atom is -0.197 e. The predicted octanol–water partition coefficient (Wildman–Crippen LogP) is 6.36. The van der Waals surface area contributed by atoms with E-state index in [1.807, 2.05) is 24.3 Å². The zero-order valence-electron chi connectivity index (χ0n) is 16.8. The number of azo groups is 1. The van der Waals surface area contributed by atoms with E-state index in [1.54, 1.807) is 7.05 Å². The van der Waals surface area contributed by atoms with Gasteiger partial charge in [0.05, 0.1) is 17.5 Å². The molecule has 2 aromatic carbocycles. The van der Waals surface area contributed by atoms with E-state index in [2.05, 4.69) is 66.5 Å². The molecule has 27 heavy (non-hydrogen) atoms. The van der Waals surface area contributed by atoms with Crippen molar-refractivity contribution >= 4 is 0 Å². The smallest absolute Gasteiger partial charge is 0.0845 e. The first kappa shape index (κ1) is 20.8. The Morgan fingerprint density at radius 2 is 1.59 bits per heavy atom. The van der Waals surface area contributed by atoms with Crippen LogP contribution >= 0.6 is 0 Å². The molecule has 3 nitrogen and oxygen atoms in total. The summed E-state index contributed by atoms with van der Waals surface area (Å²) in [5.74, 6) is 0.264. The van der Waals surface area contributed by atoms with E-state index in [-0.39, 0.29) is 12.0 Å². The highest BCUT2D eigenvalue weighted by Crippen LogP contribution is 2.37. The van der Waals surface area contributed by atoms with Gasteiger partial charge < -0.3 is 0 Å². The highest BCUT2D eigenvalue weighted by molar-refractivity contribution is 5.33. The molecule has 0 saturated heterocycles. The molecule has 0 aliphatic heterocycles. The first-order valence-electron chi connectivity index (χ1n) is 9.92. The number of hydrogen-bond acceptors (Lipinski definition) is 3. The first-order valence-corrected chi connectivity index (χ1v) is 9.92. The fraction of sp³-hybridized carbons (Fsp3) is 0.458. The Hall–Kier alpha value is -2.47. The van der Waals surface area contributed by atoms with Crippen molar-refractivity contribution in [3.05, 3.63) is 71.8 Å². The van der Waals surface area contributed by atoms with Crippen molar-refractivity contribution < 1.29 is 0 Å². The standard InChI is InChI=1S/C24H31N3/c1-20(2)24(19-25,22-13-8-5-9-14-22)18-10-15-23(27-26-3)17-16-21-11-6-4-7-12-21/h4-9,11-14,20,23H,10,15-18H2,1-3H3/t23-,24?/m1/s1. The number of hydrogen-bond donors (Lipinski definition) is 0. The molecule has 1 unspecified atom stereocenters. The number of nitriles is 1. The SMILES string of the molecule is CN=N[C@H](CCCC(C#N)(c1ccccc1)C(C)C)CCc1ccccc1. The number of nitrogens with zero attached hydrogens (tertiary/aromatic N) is 3. The first-order chi connectivity index (χ1) is 13.1. The molecule has 0 aliphatic rings. The second-order valence-electron chi connectivity index (χ2n) is 7.49. The van der Waals surface area contributed by atoms with Crippen LogP contribution in [0.2, 0.25) is 0 Å². The summed E-state index contributed by atoms with van der Waals surface area (Å²) in [5.41, 5.74) is 2.03. The summed E-state index contributed by atoms with van der Waals surface area (Å²) >= 11 is 0. The molecule has 0 fully saturated rings. The molecule has 0 aromatic heterocycles. The number of benzene rings is 2. The summed E-state index contributed by atoms with van der Waals surface area (Å²) in [6.07, 6.45) is 4.79. The molecule has 0 saturated carbocycles. The molecule has 0 amide bonds. The minimum absolute atomic E-state index is 0.217. The van der Waals surface area contributed by atoms with Crippen LogP contribution in [0.15, 0.2) is 70.9 Å². The van der Waals surface area contributed by atoms with Gasteiger partial charge in [-0.05, 0) is 49.1 Å². The lowest BCUT2D eigenvalue weighted by Gasteiger charge is -2.31. The Labute approximate surface area is 164 Å². The van der Waals surface area contributed by atoms with Gasteiger partial charge in [-0.25, -0.2) is 0 Å². The van der Waals surface area contributed by atoms with Gasteiger partial charge in [0.2, 0.25) is 0 Å². The van der Waals surface area contributed by atoms with Crippen LogP contribution in [0, 0.1) is 17.2 Å². The molecule has 0 aliphatic carbocycles. The molecule has 2 rings (SSSR count). The van der Waals surface area contributed by atoms with Crippen LogP contribution < -0.4 is 0 Å². The molecule has 142 valence electrons. The lowest BCUT2D eigenvalue weighted by molar-refractivity contribution is 0.347. The highest BCUT2D eigenvalue weighted by atomic mass is 15.1. The topological polar surface area (TPSA) is 48.5 Å². The molecular weight excluding hydrogens is 330 g/mol. The maximum Gasteiger partial charge on any atom is 0.0845 e. The third-order valence-electron chi connectivity index (χ3n) is 5.47. The minimum atomic E-state index is -0.436. The molecule has 0 radical (unpaired) electrons. The molecule has 0 N–H and O–H groups in total. The Morgan fingerprint density at radius 1 is 0.963 bits per heavy atom. The Morgan fingerprint density at radius 3 is 2.15 bits per heavy atom. The molecule has 0 spiro atoms.